The fraction of sp³-hybridized carbons (Fsp3) is 0.333. The zero-order chi connectivity index (χ0) is 9.97. The van der Waals surface area contributed by atoms with Crippen LogP contribution >= 0.6 is 0 Å². The van der Waals surface area contributed by atoms with Gasteiger partial charge in [0.25, 0.3) is 0 Å². The number of aromatic nitrogens is 3. The molecule has 0 aliphatic rings. The number of methoxy groups -OCH3 is 1. The summed E-state index contributed by atoms with van der Waals surface area (Å²) in [6.07, 6.45) is 6.04. The highest BCUT2D eigenvalue weighted by Gasteiger charge is 2.04. The molecule has 74 valence electrons. The first-order chi connectivity index (χ1) is 6.85. The van der Waals surface area contributed by atoms with Crippen molar-refractivity contribution >= 4 is 5.65 Å². The van der Waals surface area contributed by atoms with Crippen molar-refractivity contribution in [2.75, 3.05) is 13.7 Å². The van der Waals surface area contributed by atoms with Crippen molar-refractivity contribution < 1.29 is 4.74 Å². The molecule has 0 amide bonds. The van der Waals surface area contributed by atoms with E-state index in [1.165, 1.54) is 0 Å². The van der Waals surface area contributed by atoms with Crippen LogP contribution in [0.3, 0.4) is 0 Å². The van der Waals surface area contributed by atoms with Gasteiger partial charge < -0.3 is 10.5 Å². The molecule has 5 heteroatoms. The van der Waals surface area contributed by atoms with Crippen molar-refractivity contribution in [3.8, 4) is 5.88 Å². The van der Waals surface area contributed by atoms with Crippen molar-refractivity contribution in [3.05, 3.63) is 24.3 Å². The normalized spacial score (nSPS) is 10.7. The van der Waals surface area contributed by atoms with Gasteiger partial charge in [-0.1, -0.05) is 0 Å². The molecule has 2 aromatic heterocycles. The third-order valence-electron chi connectivity index (χ3n) is 2.01. The molecule has 2 heterocycles. The molecular formula is C9H12N4O. The first kappa shape index (κ1) is 8.96. The van der Waals surface area contributed by atoms with Crippen LogP contribution in [0.25, 0.3) is 5.65 Å². The molecule has 0 bridgehead atoms. The van der Waals surface area contributed by atoms with E-state index in [4.69, 9.17) is 10.5 Å². The third kappa shape index (κ3) is 1.42. The smallest absolute Gasteiger partial charge is 0.218 e. The highest BCUT2D eigenvalue weighted by Crippen LogP contribution is 2.13. The van der Waals surface area contributed by atoms with Crippen LogP contribution in [0.4, 0.5) is 0 Å². The molecule has 0 unspecified atom stereocenters. The Bertz CT molecular complexity index is 437. The molecule has 2 aromatic rings. The summed E-state index contributed by atoms with van der Waals surface area (Å²) in [5.41, 5.74) is 7.20. The maximum atomic E-state index is 5.46. The molecule has 0 saturated carbocycles. The molecule has 0 aliphatic heterocycles. The zero-order valence-corrected chi connectivity index (χ0v) is 7.97. The van der Waals surface area contributed by atoms with Gasteiger partial charge in [0, 0.05) is 12.6 Å². The lowest BCUT2D eigenvalue weighted by Crippen LogP contribution is -2.02. The van der Waals surface area contributed by atoms with Crippen LogP contribution in [0, 0.1) is 0 Å². The Morgan fingerprint density at radius 2 is 2.36 bits per heavy atom. The molecule has 2 N–H and O–H groups in total. The van der Waals surface area contributed by atoms with Crippen molar-refractivity contribution in [1.82, 2.24) is 14.4 Å². The number of hydrogen-bond donors (Lipinski definition) is 1. The van der Waals surface area contributed by atoms with E-state index in [0.717, 1.165) is 17.8 Å². The summed E-state index contributed by atoms with van der Waals surface area (Å²) in [5, 5.41) is 0. The van der Waals surface area contributed by atoms with Crippen molar-refractivity contribution in [3.63, 3.8) is 0 Å². The van der Waals surface area contributed by atoms with Gasteiger partial charge in [-0.05, 0) is 6.54 Å². The molecule has 0 fully saturated rings. The molecule has 0 atom stereocenters. The van der Waals surface area contributed by atoms with Crippen LogP contribution in [-0.4, -0.2) is 28.0 Å². The Morgan fingerprint density at radius 3 is 3.07 bits per heavy atom. The van der Waals surface area contributed by atoms with Gasteiger partial charge in [-0.2, -0.15) is 0 Å². The summed E-state index contributed by atoms with van der Waals surface area (Å²) in [6.45, 7) is 0.597. The van der Waals surface area contributed by atoms with Crippen molar-refractivity contribution in [2.24, 2.45) is 5.73 Å². The van der Waals surface area contributed by atoms with E-state index in [9.17, 15) is 0 Å². The molecule has 2 rings (SSSR count). The van der Waals surface area contributed by atoms with Crippen LogP contribution in [0.5, 0.6) is 5.88 Å². The summed E-state index contributed by atoms with van der Waals surface area (Å²) in [6, 6.07) is 0. The van der Waals surface area contributed by atoms with E-state index < -0.39 is 0 Å². The minimum absolute atomic E-state index is 0.597. The Morgan fingerprint density at radius 1 is 1.50 bits per heavy atom. The summed E-state index contributed by atoms with van der Waals surface area (Å²) in [7, 11) is 1.61. The minimum Gasteiger partial charge on any atom is -0.481 e. The largest absolute Gasteiger partial charge is 0.481 e. The van der Waals surface area contributed by atoms with Gasteiger partial charge in [-0.25, -0.2) is 4.98 Å². The standard InChI is InChI=1S/C9H12N4O/c1-14-9-5-11-4-8-12-7(2-3-10)6-13(8)9/h4-6H,2-3,10H2,1H3. The van der Waals surface area contributed by atoms with E-state index in [-0.39, 0.29) is 0 Å². The molecule has 0 aliphatic carbocycles. The van der Waals surface area contributed by atoms with Crippen LogP contribution in [0.15, 0.2) is 18.6 Å². The first-order valence-corrected chi connectivity index (χ1v) is 4.41. The van der Waals surface area contributed by atoms with Crippen LogP contribution in [-0.2, 0) is 6.42 Å². The topological polar surface area (TPSA) is 65.4 Å². The van der Waals surface area contributed by atoms with Gasteiger partial charge in [0.05, 0.1) is 25.2 Å². The lowest BCUT2D eigenvalue weighted by atomic mass is 10.3. The average molecular weight is 192 g/mol. The second-order valence-electron chi connectivity index (χ2n) is 2.95. The molecule has 5 nitrogen and oxygen atoms in total. The van der Waals surface area contributed by atoms with E-state index in [1.807, 2.05) is 10.6 Å². The lowest BCUT2D eigenvalue weighted by molar-refractivity contribution is 0.390. The molecule has 0 spiro atoms. The molecule has 14 heavy (non-hydrogen) atoms. The Hall–Kier alpha value is -1.62. The van der Waals surface area contributed by atoms with Gasteiger partial charge in [0.2, 0.25) is 5.88 Å². The summed E-state index contributed by atoms with van der Waals surface area (Å²) < 4.78 is 7.01. The number of rotatable bonds is 3. The number of hydrogen-bond acceptors (Lipinski definition) is 4. The second-order valence-corrected chi connectivity index (χ2v) is 2.95. The van der Waals surface area contributed by atoms with Gasteiger partial charge >= 0.3 is 0 Å². The van der Waals surface area contributed by atoms with Gasteiger partial charge in [-0.15, -0.1) is 0 Å². The van der Waals surface area contributed by atoms with Crippen LogP contribution in [0.2, 0.25) is 0 Å². The van der Waals surface area contributed by atoms with Crippen LogP contribution < -0.4 is 10.5 Å². The van der Waals surface area contributed by atoms with Gasteiger partial charge in [0.15, 0.2) is 5.65 Å². The van der Waals surface area contributed by atoms with E-state index in [1.54, 1.807) is 19.5 Å². The number of nitrogens with zero attached hydrogens (tertiary/aromatic N) is 3. The fourth-order valence-electron chi connectivity index (χ4n) is 1.36. The SMILES string of the molecule is COc1cncc2nc(CCN)cn12. The Kier molecular flexibility index (Phi) is 2.32. The zero-order valence-electron chi connectivity index (χ0n) is 7.97. The Labute approximate surface area is 81.5 Å². The Balaban J connectivity index is 2.52. The van der Waals surface area contributed by atoms with Gasteiger partial charge in [0.1, 0.15) is 0 Å². The first-order valence-electron chi connectivity index (χ1n) is 4.41. The van der Waals surface area contributed by atoms with Gasteiger partial charge in [-0.3, -0.25) is 9.38 Å². The highest BCUT2D eigenvalue weighted by atomic mass is 16.5. The van der Waals surface area contributed by atoms with E-state index in [2.05, 4.69) is 9.97 Å². The molecule has 0 aromatic carbocycles. The number of fused-ring (bicyclic) bond motifs is 1. The van der Waals surface area contributed by atoms with Crippen molar-refractivity contribution in [2.45, 2.75) is 6.42 Å². The monoisotopic (exact) mass is 192 g/mol. The molecule has 0 radical (unpaired) electrons. The van der Waals surface area contributed by atoms with E-state index in [0.29, 0.717) is 12.4 Å². The predicted molar refractivity (Wildman–Crippen MR) is 52.3 cm³/mol. The second kappa shape index (κ2) is 3.63. The predicted octanol–water partition coefficient (Wildman–Crippen LogP) is 0.239. The highest BCUT2D eigenvalue weighted by molar-refractivity contribution is 5.40. The van der Waals surface area contributed by atoms with E-state index >= 15 is 0 Å². The number of ether oxygens (including phenoxy) is 1. The maximum Gasteiger partial charge on any atom is 0.218 e. The minimum atomic E-state index is 0.597. The quantitative estimate of drug-likeness (QED) is 0.756. The number of imidazole rings is 1. The van der Waals surface area contributed by atoms with Crippen molar-refractivity contribution in [1.29, 1.82) is 0 Å². The molecule has 0 saturated heterocycles. The number of nitrogens with two attached hydrogens (primary N) is 1. The summed E-state index contributed by atoms with van der Waals surface area (Å²) in [4.78, 5) is 8.37. The van der Waals surface area contributed by atoms with Crippen LogP contribution in [0.1, 0.15) is 5.69 Å². The third-order valence-corrected chi connectivity index (χ3v) is 2.01. The average Bonchev–Trinajstić information content (AvgIpc) is 2.60. The molecular weight excluding hydrogens is 180 g/mol. The summed E-state index contributed by atoms with van der Waals surface area (Å²) >= 11 is 0. The maximum absolute atomic E-state index is 5.46. The summed E-state index contributed by atoms with van der Waals surface area (Å²) in [5.74, 6) is 0.679. The fourth-order valence-corrected chi connectivity index (χ4v) is 1.36. The lowest BCUT2D eigenvalue weighted by Gasteiger charge is -2.00.